The average molecular weight is 310 g/mol. The molecule has 0 atom stereocenters. The zero-order valence-corrected chi connectivity index (χ0v) is 14.0. The Labute approximate surface area is 128 Å². The Balaban J connectivity index is 2.21. The smallest absolute Gasteiger partial charge is 0.243 e. The highest BCUT2D eigenvalue weighted by Crippen LogP contribution is 2.32. The lowest BCUT2D eigenvalue weighted by Gasteiger charge is -2.34. The first kappa shape index (κ1) is 16.3. The standard InChI is InChI=1S/C16H26N2O2S/c1-4-13-6-9-15(10-7-13)18(3)21(19,20)16-11-14(17)8-5-12(16)2/h5,8,11,13,15H,4,6-7,9-10,17H2,1-3H3. The number of nitrogens with zero attached hydrogens (tertiary/aromatic N) is 1. The predicted molar refractivity (Wildman–Crippen MR) is 86.6 cm³/mol. The number of hydrogen-bond donors (Lipinski definition) is 1. The van der Waals surface area contributed by atoms with Crippen molar-refractivity contribution in [1.29, 1.82) is 0 Å². The van der Waals surface area contributed by atoms with Crippen molar-refractivity contribution in [2.45, 2.75) is 56.9 Å². The van der Waals surface area contributed by atoms with E-state index in [4.69, 9.17) is 5.73 Å². The first-order valence-corrected chi connectivity index (χ1v) is 9.14. The average Bonchev–Trinajstić information content (AvgIpc) is 2.49. The summed E-state index contributed by atoms with van der Waals surface area (Å²) in [6, 6.07) is 5.18. The van der Waals surface area contributed by atoms with E-state index in [9.17, 15) is 8.42 Å². The number of sulfonamides is 1. The van der Waals surface area contributed by atoms with E-state index in [1.165, 1.54) is 6.42 Å². The van der Waals surface area contributed by atoms with Gasteiger partial charge in [-0.05, 0) is 56.2 Å². The monoisotopic (exact) mass is 310 g/mol. The van der Waals surface area contributed by atoms with Crippen molar-refractivity contribution in [3.63, 3.8) is 0 Å². The van der Waals surface area contributed by atoms with Crippen LogP contribution in [0.25, 0.3) is 0 Å². The molecule has 1 aliphatic rings. The minimum absolute atomic E-state index is 0.110. The summed E-state index contributed by atoms with van der Waals surface area (Å²) in [7, 11) is -1.76. The van der Waals surface area contributed by atoms with Crippen LogP contribution in [-0.2, 0) is 10.0 Å². The Kier molecular flexibility index (Phi) is 4.94. The Bertz CT molecular complexity index is 590. The summed E-state index contributed by atoms with van der Waals surface area (Å²) >= 11 is 0. The van der Waals surface area contributed by atoms with Crippen LogP contribution in [0.5, 0.6) is 0 Å². The SMILES string of the molecule is CCC1CCC(N(C)S(=O)(=O)c2cc(N)ccc2C)CC1. The van der Waals surface area contributed by atoms with Crippen LogP contribution < -0.4 is 5.73 Å². The number of rotatable bonds is 4. The fourth-order valence-electron chi connectivity index (χ4n) is 3.16. The Hall–Kier alpha value is -1.07. The fourth-order valence-corrected chi connectivity index (χ4v) is 4.84. The molecule has 1 aromatic rings. The molecule has 4 nitrogen and oxygen atoms in total. The predicted octanol–water partition coefficient (Wildman–Crippen LogP) is 3.17. The minimum atomic E-state index is -3.46. The number of anilines is 1. The van der Waals surface area contributed by atoms with Crippen LogP contribution in [0.3, 0.4) is 0 Å². The molecule has 0 radical (unpaired) electrons. The Morgan fingerprint density at radius 1 is 1.24 bits per heavy atom. The van der Waals surface area contributed by atoms with Crippen molar-refractivity contribution in [3.05, 3.63) is 23.8 Å². The van der Waals surface area contributed by atoms with Crippen LogP contribution in [0.4, 0.5) is 5.69 Å². The van der Waals surface area contributed by atoms with Crippen LogP contribution in [0.15, 0.2) is 23.1 Å². The zero-order chi connectivity index (χ0) is 15.6. The lowest BCUT2D eigenvalue weighted by molar-refractivity contribution is 0.233. The Morgan fingerprint density at radius 2 is 1.86 bits per heavy atom. The van der Waals surface area contributed by atoms with Crippen LogP contribution in [0.1, 0.15) is 44.6 Å². The topological polar surface area (TPSA) is 63.4 Å². The number of nitrogen functional groups attached to an aromatic ring is 1. The second kappa shape index (κ2) is 6.36. The van der Waals surface area contributed by atoms with Gasteiger partial charge < -0.3 is 5.73 Å². The molecule has 0 bridgehead atoms. The van der Waals surface area contributed by atoms with Gasteiger partial charge in [0.25, 0.3) is 0 Å². The highest BCUT2D eigenvalue weighted by atomic mass is 32.2. The molecule has 21 heavy (non-hydrogen) atoms. The number of aryl methyl sites for hydroxylation is 1. The van der Waals surface area contributed by atoms with E-state index >= 15 is 0 Å². The van der Waals surface area contributed by atoms with Crippen molar-refractivity contribution in [2.24, 2.45) is 5.92 Å². The van der Waals surface area contributed by atoms with Crippen LogP contribution in [0.2, 0.25) is 0 Å². The summed E-state index contributed by atoms with van der Waals surface area (Å²) in [4.78, 5) is 0.336. The molecule has 0 heterocycles. The molecular weight excluding hydrogens is 284 g/mol. The lowest BCUT2D eigenvalue weighted by atomic mass is 9.85. The zero-order valence-electron chi connectivity index (χ0n) is 13.2. The largest absolute Gasteiger partial charge is 0.399 e. The molecule has 1 aromatic carbocycles. The quantitative estimate of drug-likeness (QED) is 0.869. The van der Waals surface area contributed by atoms with Gasteiger partial charge in [-0.2, -0.15) is 4.31 Å². The summed E-state index contributed by atoms with van der Waals surface area (Å²) in [6.45, 7) is 4.02. The highest BCUT2D eigenvalue weighted by molar-refractivity contribution is 7.89. The molecule has 118 valence electrons. The number of benzene rings is 1. The third kappa shape index (κ3) is 3.40. The number of hydrogen-bond acceptors (Lipinski definition) is 3. The first-order chi connectivity index (χ1) is 9.86. The van der Waals surface area contributed by atoms with Crippen molar-refractivity contribution in [3.8, 4) is 0 Å². The van der Waals surface area contributed by atoms with Crippen molar-refractivity contribution in [1.82, 2.24) is 4.31 Å². The van der Waals surface area contributed by atoms with E-state index in [1.54, 1.807) is 29.6 Å². The molecule has 1 saturated carbocycles. The maximum atomic E-state index is 12.8. The maximum absolute atomic E-state index is 12.8. The Morgan fingerprint density at radius 3 is 2.43 bits per heavy atom. The highest BCUT2D eigenvalue weighted by Gasteiger charge is 2.31. The van der Waals surface area contributed by atoms with E-state index in [-0.39, 0.29) is 6.04 Å². The van der Waals surface area contributed by atoms with Gasteiger partial charge >= 0.3 is 0 Å². The van der Waals surface area contributed by atoms with Gasteiger partial charge in [-0.25, -0.2) is 8.42 Å². The van der Waals surface area contributed by atoms with Crippen molar-refractivity contribution < 1.29 is 8.42 Å². The molecular formula is C16H26N2O2S. The molecule has 0 aliphatic heterocycles. The van der Waals surface area contributed by atoms with E-state index in [0.717, 1.165) is 37.2 Å². The molecule has 0 unspecified atom stereocenters. The van der Waals surface area contributed by atoms with E-state index in [0.29, 0.717) is 10.6 Å². The molecule has 1 fully saturated rings. The molecule has 0 aromatic heterocycles. The molecule has 1 aliphatic carbocycles. The van der Waals surface area contributed by atoms with Gasteiger partial charge in [-0.3, -0.25) is 0 Å². The van der Waals surface area contributed by atoms with Gasteiger partial charge in [0, 0.05) is 18.8 Å². The molecule has 0 saturated heterocycles. The number of nitrogens with two attached hydrogens (primary N) is 1. The van der Waals surface area contributed by atoms with Gasteiger partial charge in [-0.15, -0.1) is 0 Å². The minimum Gasteiger partial charge on any atom is -0.399 e. The van der Waals surface area contributed by atoms with Gasteiger partial charge in [-0.1, -0.05) is 19.4 Å². The van der Waals surface area contributed by atoms with Gasteiger partial charge in [0.1, 0.15) is 0 Å². The molecule has 2 N–H and O–H groups in total. The third-order valence-electron chi connectivity index (χ3n) is 4.78. The van der Waals surface area contributed by atoms with Gasteiger partial charge in [0.2, 0.25) is 10.0 Å². The first-order valence-electron chi connectivity index (χ1n) is 7.70. The van der Waals surface area contributed by atoms with E-state index in [2.05, 4.69) is 6.92 Å². The van der Waals surface area contributed by atoms with Crippen LogP contribution in [0, 0.1) is 12.8 Å². The molecule has 5 heteroatoms. The molecule has 2 rings (SSSR count). The van der Waals surface area contributed by atoms with Crippen LogP contribution >= 0.6 is 0 Å². The van der Waals surface area contributed by atoms with E-state index in [1.807, 2.05) is 6.92 Å². The summed E-state index contributed by atoms with van der Waals surface area (Å²) in [6.07, 6.45) is 5.34. The maximum Gasteiger partial charge on any atom is 0.243 e. The second-order valence-corrected chi connectivity index (χ2v) is 8.09. The second-order valence-electron chi connectivity index (χ2n) is 6.13. The third-order valence-corrected chi connectivity index (χ3v) is 6.83. The summed E-state index contributed by atoms with van der Waals surface area (Å²) in [5.74, 6) is 0.756. The van der Waals surface area contributed by atoms with E-state index < -0.39 is 10.0 Å². The molecule has 0 spiro atoms. The van der Waals surface area contributed by atoms with Crippen molar-refractivity contribution in [2.75, 3.05) is 12.8 Å². The van der Waals surface area contributed by atoms with Gasteiger partial charge in [0.15, 0.2) is 0 Å². The lowest BCUT2D eigenvalue weighted by Crippen LogP contribution is -2.39. The fraction of sp³-hybridized carbons (Fsp3) is 0.625. The van der Waals surface area contributed by atoms with Gasteiger partial charge in [0.05, 0.1) is 4.90 Å². The molecule has 0 amide bonds. The van der Waals surface area contributed by atoms with Crippen molar-refractivity contribution >= 4 is 15.7 Å². The normalized spacial score (nSPS) is 23.4. The summed E-state index contributed by atoms with van der Waals surface area (Å²) in [5.41, 5.74) is 6.99. The summed E-state index contributed by atoms with van der Waals surface area (Å²) < 4.78 is 27.2. The summed E-state index contributed by atoms with van der Waals surface area (Å²) in [5, 5.41) is 0. The van der Waals surface area contributed by atoms with Crippen LogP contribution in [-0.4, -0.2) is 25.8 Å².